The van der Waals surface area contributed by atoms with Crippen molar-refractivity contribution in [3.63, 3.8) is 0 Å². The predicted molar refractivity (Wildman–Crippen MR) is 80.7 cm³/mol. The molecule has 0 unspecified atom stereocenters. The molecule has 0 aliphatic rings. The lowest BCUT2D eigenvalue weighted by Gasteiger charge is -2.14. The molecular formula is C14H19N3O6. The molecule has 9 nitrogen and oxygen atoms in total. The van der Waals surface area contributed by atoms with Crippen LogP contribution < -0.4 is 11.1 Å². The number of ether oxygens (including phenoxy) is 1. The number of nitrogens with one attached hydrogen (secondary N) is 1. The second-order valence-electron chi connectivity index (χ2n) is 4.82. The molecule has 0 fully saturated rings. The standard InChI is InChI=1S/C14H19N3O6/c15-8-2-1-3-12(13(18)19)16-14(20)23-9-10-4-6-11(7-5-10)17(21)22/h4-7,12H,1-3,8-9,15H2,(H,16,20)(H,18,19)/t12-/m0/s1. The van der Waals surface area contributed by atoms with Crippen molar-refractivity contribution in [2.24, 2.45) is 5.73 Å². The Balaban J connectivity index is 2.45. The first kappa shape index (κ1) is 18.4. The molecule has 0 heterocycles. The van der Waals surface area contributed by atoms with Crippen molar-refractivity contribution in [2.45, 2.75) is 31.9 Å². The molecule has 0 aliphatic heterocycles. The minimum Gasteiger partial charge on any atom is -0.480 e. The topological polar surface area (TPSA) is 145 Å². The monoisotopic (exact) mass is 325 g/mol. The molecule has 1 amide bonds. The summed E-state index contributed by atoms with van der Waals surface area (Å²) in [5.41, 5.74) is 5.82. The molecule has 0 bridgehead atoms. The number of carbonyl (C=O) groups is 2. The van der Waals surface area contributed by atoms with Crippen LogP contribution in [0.1, 0.15) is 24.8 Å². The molecule has 4 N–H and O–H groups in total. The minimum absolute atomic E-state index is 0.0657. The highest BCUT2D eigenvalue weighted by atomic mass is 16.6. The number of benzene rings is 1. The van der Waals surface area contributed by atoms with Crippen molar-refractivity contribution < 1.29 is 24.4 Å². The van der Waals surface area contributed by atoms with Gasteiger partial charge in [-0.3, -0.25) is 10.1 Å². The van der Waals surface area contributed by atoms with Gasteiger partial charge in [0.05, 0.1) is 4.92 Å². The molecule has 1 atom stereocenters. The average Bonchev–Trinajstić information content (AvgIpc) is 2.52. The number of carboxylic acids is 1. The molecule has 0 saturated carbocycles. The third kappa shape index (κ3) is 6.74. The molecule has 0 spiro atoms. The van der Waals surface area contributed by atoms with Crippen LogP contribution in [0.25, 0.3) is 0 Å². The fourth-order valence-electron chi connectivity index (χ4n) is 1.80. The zero-order valence-corrected chi connectivity index (χ0v) is 12.4. The predicted octanol–water partition coefficient (Wildman–Crippen LogP) is 1.40. The third-order valence-electron chi connectivity index (χ3n) is 3.05. The maximum absolute atomic E-state index is 11.6. The van der Waals surface area contributed by atoms with Gasteiger partial charge in [0.15, 0.2) is 0 Å². The highest BCUT2D eigenvalue weighted by Crippen LogP contribution is 2.12. The first-order chi connectivity index (χ1) is 10.9. The summed E-state index contributed by atoms with van der Waals surface area (Å²) < 4.78 is 4.91. The molecule has 1 rings (SSSR count). The van der Waals surface area contributed by atoms with E-state index in [0.717, 1.165) is 0 Å². The SMILES string of the molecule is NCCCC[C@H](NC(=O)OCc1ccc([N+](=O)[O-])cc1)C(=O)O. The van der Waals surface area contributed by atoms with Crippen LogP contribution >= 0.6 is 0 Å². The fraction of sp³-hybridized carbons (Fsp3) is 0.429. The lowest BCUT2D eigenvalue weighted by molar-refractivity contribution is -0.384. The molecular weight excluding hydrogens is 306 g/mol. The summed E-state index contributed by atoms with van der Waals surface area (Å²) in [6.45, 7) is 0.343. The molecule has 126 valence electrons. The van der Waals surface area contributed by atoms with Gasteiger partial charge in [-0.2, -0.15) is 0 Å². The van der Waals surface area contributed by atoms with Crippen LogP contribution in [-0.4, -0.2) is 34.7 Å². The second-order valence-corrected chi connectivity index (χ2v) is 4.82. The van der Waals surface area contributed by atoms with Crippen molar-refractivity contribution in [3.8, 4) is 0 Å². The number of aliphatic carboxylic acids is 1. The number of carboxylic acid groups (broad SMARTS) is 1. The Kier molecular flexibility index (Phi) is 7.48. The number of hydrogen-bond donors (Lipinski definition) is 3. The van der Waals surface area contributed by atoms with Gasteiger partial charge in [0.1, 0.15) is 12.6 Å². The molecule has 0 radical (unpaired) electrons. The Bertz CT molecular complexity index is 546. The number of hydrogen-bond acceptors (Lipinski definition) is 6. The lowest BCUT2D eigenvalue weighted by atomic mass is 10.1. The van der Waals surface area contributed by atoms with Gasteiger partial charge >= 0.3 is 12.1 Å². The number of alkyl carbamates (subject to hydrolysis) is 1. The van der Waals surface area contributed by atoms with Gasteiger partial charge in [-0.05, 0) is 43.5 Å². The van der Waals surface area contributed by atoms with Gasteiger partial charge in [-0.15, -0.1) is 0 Å². The van der Waals surface area contributed by atoms with Crippen LogP contribution in [0, 0.1) is 10.1 Å². The van der Waals surface area contributed by atoms with Gasteiger partial charge in [0.25, 0.3) is 5.69 Å². The number of non-ortho nitro benzene ring substituents is 1. The Labute approximate surface area is 132 Å². The van der Waals surface area contributed by atoms with E-state index in [9.17, 15) is 19.7 Å². The Morgan fingerprint density at radius 1 is 1.30 bits per heavy atom. The summed E-state index contributed by atoms with van der Waals surface area (Å²) in [5.74, 6) is -1.14. The molecule has 0 saturated heterocycles. The van der Waals surface area contributed by atoms with Gasteiger partial charge < -0.3 is 20.9 Å². The Hall–Kier alpha value is -2.68. The van der Waals surface area contributed by atoms with Crippen LogP contribution in [0.2, 0.25) is 0 Å². The Morgan fingerprint density at radius 2 is 1.96 bits per heavy atom. The van der Waals surface area contributed by atoms with Gasteiger partial charge in [-0.25, -0.2) is 9.59 Å². The summed E-state index contributed by atoms with van der Waals surface area (Å²) in [4.78, 5) is 32.6. The van der Waals surface area contributed by atoms with Crippen molar-refractivity contribution in [1.82, 2.24) is 5.32 Å². The molecule has 1 aromatic rings. The van der Waals surface area contributed by atoms with E-state index in [1.165, 1.54) is 24.3 Å². The van der Waals surface area contributed by atoms with Crippen molar-refractivity contribution in [1.29, 1.82) is 0 Å². The largest absolute Gasteiger partial charge is 0.480 e. The normalized spacial score (nSPS) is 11.5. The summed E-state index contributed by atoms with van der Waals surface area (Å²) in [6.07, 6.45) is 0.655. The average molecular weight is 325 g/mol. The van der Waals surface area contributed by atoms with Crippen molar-refractivity contribution in [3.05, 3.63) is 39.9 Å². The lowest BCUT2D eigenvalue weighted by Crippen LogP contribution is -2.41. The smallest absolute Gasteiger partial charge is 0.408 e. The third-order valence-corrected chi connectivity index (χ3v) is 3.05. The number of carbonyl (C=O) groups excluding carboxylic acids is 1. The maximum atomic E-state index is 11.6. The highest BCUT2D eigenvalue weighted by molar-refractivity contribution is 5.79. The number of nitrogens with two attached hydrogens (primary N) is 1. The first-order valence-corrected chi connectivity index (χ1v) is 7.03. The van der Waals surface area contributed by atoms with E-state index in [0.29, 0.717) is 24.9 Å². The van der Waals surface area contributed by atoms with Crippen LogP contribution in [0.15, 0.2) is 24.3 Å². The number of nitro benzene ring substituents is 1. The zero-order chi connectivity index (χ0) is 17.2. The number of rotatable bonds is 9. The van der Waals surface area contributed by atoms with Crippen LogP contribution in [0.5, 0.6) is 0 Å². The maximum Gasteiger partial charge on any atom is 0.408 e. The van der Waals surface area contributed by atoms with E-state index in [-0.39, 0.29) is 18.7 Å². The minimum atomic E-state index is -1.14. The van der Waals surface area contributed by atoms with Crippen molar-refractivity contribution >= 4 is 17.7 Å². The van der Waals surface area contributed by atoms with E-state index in [1.807, 2.05) is 0 Å². The fourth-order valence-corrected chi connectivity index (χ4v) is 1.80. The molecule has 23 heavy (non-hydrogen) atoms. The van der Waals surface area contributed by atoms with E-state index < -0.39 is 23.0 Å². The van der Waals surface area contributed by atoms with Gasteiger partial charge in [0, 0.05) is 12.1 Å². The summed E-state index contributed by atoms with van der Waals surface area (Å²) in [5, 5.41) is 21.8. The van der Waals surface area contributed by atoms with E-state index >= 15 is 0 Å². The van der Waals surface area contributed by atoms with Crippen LogP contribution in [-0.2, 0) is 16.1 Å². The summed E-state index contributed by atoms with van der Waals surface area (Å²) in [7, 11) is 0. The number of nitrogens with zero attached hydrogens (tertiary/aromatic N) is 1. The van der Waals surface area contributed by atoms with Gasteiger partial charge in [-0.1, -0.05) is 0 Å². The second kappa shape index (κ2) is 9.36. The molecule has 9 heteroatoms. The van der Waals surface area contributed by atoms with Crippen molar-refractivity contribution in [2.75, 3.05) is 6.54 Å². The van der Waals surface area contributed by atoms with Crippen LogP contribution in [0.3, 0.4) is 0 Å². The van der Waals surface area contributed by atoms with E-state index in [2.05, 4.69) is 5.32 Å². The molecule has 0 aromatic heterocycles. The van der Waals surface area contributed by atoms with Crippen LogP contribution in [0.4, 0.5) is 10.5 Å². The summed E-state index contributed by atoms with van der Waals surface area (Å²) in [6, 6.07) is 4.47. The molecule has 1 aromatic carbocycles. The quantitative estimate of drug-likeness (QED) is 0.353. The van der Waals surface area contributed by atoms with E-state index in [1.54, 1.807) is 0 Å². The van der Waals surface area contributed by atoms with E-state index in [4.69, 9.17) is 15.6 Å². The summed E-state index contributed by atoms with van der Waals surface area (Å²) >= 11 is 0. The zero-order valence-electron chi connectivity index (χ0n) is 12.4. The first-order valence-electron chi connectivity index (χ1n) is 7.03. The van der Waals surface area contributed by atoms with Gasteiger partial charge in [0.2, 0.25) is 0 Å². The Morgan fingerprint density at radius 3 is 2.48 bits per heavy atom. The number of amides is 1. The molecule has 0 aliphatic carbocycles. The number of nitro groups is 1. The highest BCUT2D eigenvalue weighted by Gasteiger charge is 2.20. The number of unbranched alkanes of at least 4 members (excludes halogenated alkanes) is 1.